The maximum absolute atomic E-state index is 12.5. The molecule has 1 aromatic carbocycles. The lowest BCUT2D eigenvalue weighted by Crippen LogP contribution is -2.57. The summed E-state index contributed by atoms with van der Waals surface area (Å²) in [6, 6.07) is 8.61. The Balaban J connectivity index is 2.00. The lowest BCUT2D eigenvalue weighted by molar-refractivity contribution is -0.150. The van der Waals surface area contributed by atoms with Crippen molar-refractivity contribution in [1.29, 1.82) is 0 Å². The average Bonchev–Trinajstić information content (AvgIpc) is 2.62. The van der Waals surface area contributed by atoms with Gasteiger partial charge in [-0.1, -0.05) is 43.7 Å². The Labute approximate surface area is 147 Å². The van der Waals surface area contributed by atoms with Gasteiger partial charge in [-0.15, -0.1) is 0 Å². The van der Waals surface area contributed by atoms with Gasteiger partial charge >= 0.3 is 5.97 Å². The summed E-state index contributed by atoms with van der Waals surface area (Å²) in [6.07, 6.45) is 4.71. The molecule has 1 aliphatic rings. The predicted octanol–water partition coefficient (Wildman–Crippen LogP) is 1.76. The van der Waals surface area contributed by atoms with E-state index in [1.54, 1.807) is 6.08 Å². The minimum Gasteiger partial charge on any atom is -0.466 e. The molecular formula is C19H24N2O4. The number of amides is 2. The highest BCUT2D eigenvalue weighted by Crippen LogP contribution is 2.12. The monoisotopic (exact) mass is 344 g/mol. The van der Waals surface area contributed by atoms with Gasteiger partial charge in [0.05, 0.1) is 13.0 Å². The van der Waals surface area contributed by atoms with E-state index in [9.17, 15) is 14.4 Å². The van der Waals surface area contributed by atoms with E-state index in [0.29, 0.717) is 19.7 Å². The molecule has 1 fully saturated rings. The minimum atomic E-state index is -0.823. The number of rotatable bonds is 7. The van der Waals surface area contributed by atoms with Gasteiger partial charge in [-0.3, -0.25) is 14.4 Å². The number of esters is 1. The molecule has 0 aliphatic carbocycles. The van der Waals surface area contributed by atoms with Crippen molar-refractivity contribution in [3.63, 3.8) is 0 Å². The van der Waals surface area contributed by atoms with Crippen molar-refractivity contribution in [1.82, 2.24) is 10.2 Å². The third-order valence-corrected chi connectivity index (χ3v) is 3.95. The maximum Gasteiger partial charge on any atom is 0.308 e. The molecule has 134 valence electrons. The predicted molar refractivity (Wildman–Crippen MR) is 94.5 cm³/mol. The first-order valence-electron chi connectivity index (χ1n) is 8.59. The van der Waals surface area contributed by atoms with Crippen LogP contribution in [0.5, 0.6) is 0 Å². The first-order valence-corrected chi connectivity index (χ1v) is 8.59. The zero-order valence-electron chi connectivity index (χ0n) is 14.4. The molecule has 1 heterocycles. The first-order chi connectivity index (χ1) is 12.1. The topological polar surface area (TPSA) is 75.7 Å². The number of piperazine rings is 1. The molecule has 1 unspecified atom stereocenters. The van der Waals surface area contributed by atoms with Crippen LogP contribution in [0.4, 0.5) is 0 Å². The van der Waals surface area contributed by atoms with Crippen molar-refractivity contribution in [2.75, 3.05) is 19.7 Å². The van der Waals surface area contributed by atoms with Crippen LogP contribution in [0.1, 0.15) is 31.7 Å². The number of carbonyl (C=O) groups is 3. The van der Waals surface area contributed by atoms with Gasteiger partial charge in [-0.25, -0.2) is 0 Å². The van der Waals surface area contributed by atoms with Crippen molar-refractivity contribution in [3.8, 4) is 0 Å². The third-order valence-electron chi connectivity index (χ3n) is 3.95. The summed E-state index contributed by atoms with van der Waals surface area (Å²) in [5, 5.41) is 2.70. The Bertz CT molecular complexity index is 628. The van der Waals surface area contributed by atoms with E-state index in [1.165, 1.54) is 11.0 Å². The van der Waals surface area contributed by atoms with E-state index >= 15 is 0 Å². The van der Waals surface area contributed by atoms with E-state index < -0.39 is 12.0 Å². The second kappa shape index (κ2) is 9.61. The number of ether oxygens (including phenoxy) is 1. The average molecular weight is 344 g/mol. The quantitative estimate of drug-likeness (QED) is 0.465. The van der Waals surface area contributed by atoms with E-state index in [1.807, 2.05) is 37.3 Å². The van der Waals surface area contributed by atoms with E-state index in [-0.39, 0.29) is 18.2 Å². The molecular weight excluding hydrogens is 320 g/mol. The zero-order chi connectivity index (χ0) is 18.1. The second-order valence-electron chi connectivity index (χ2n) is 5.86. The van der Waals surface area contributed by atoms with Gasteiger partial charge in [-0.05, 0) is 18.1 Å². The SMILES string of the molecule is CCCCOC(=O)CC1C(=O)NCCN1C(=O)/C=C/c1ccccc1. The smallest absolute Gasteiger partial charge is 0.308 e. The van der Waals surface area contributed by atoms with Gasteiger partial charge in [0.15, 0.2) is 0 Å². The van der Waals surface area contributed by atoms with Crippen molar-refractivity contribution < 1.29 is 19.1 Å². The molecule has 0 bridgehead atoms. The molecule has 25 heavy (non-hydrogen) atoms. The fourth-order valence-corrected chi connectivity index (χ4v) is 2.56. The number of carbonyl (C=O) groups excluding carboxylic acids is 3. The molecule has 6 heteroatoms. The third kappa shape index (κ3) is 5.74. The summed E-state index contributed by atoms with van der Waals surface area (Å²) < 4.78 is 5.12. The molecule has 2 rings (SSSR count). The van der Waals surface area contributed by atoms with Gasteiger partial charge in [0, 0.05) is 19.2 Å². The summed E-state index contributed by atoms with van der Waals surface area (Å²) in [7, 11) is 0. The van der Waals surface area contributed by atoms with Crippen LogP contribution in [0.2, 0.25) is 0 Å². The Morgan fingerprint density at radius 1 is 1.32 bits per heavy atom. The summed E-state index contributed by atoms with van der Waals surface area (Å²) >= 11 is 0. The highest BCUT2D eigenvalue weighted by atomic mass is 16.5. The van der Waals surface area contributed by atoms with E-state index in [2.05, 4.69) is 5.32 Å². The molecule has 1 N–H and O–H groups in total. The van der Waals surface area contributed by atoms with E-state index in [4.69, 9.17) is 4.74 Å². The zero-order valence-corrected chi connectivity index (χ0v) is 14.4. The maximum atomic E-state index is 12.5. The first kappa shape index (κ1) is 18.7. The molecule has 0 aromatic heterocycles. The van der Waals surface area contributed by atoms with Crippen LogP contribution in [0.3, 0.4) is 0 Å². The van der Waals surface area contributed by atoms with Crippen molar-refractivity contribution in [3.05, 3.63) is 42.0 Å². The summed E-state index contributed by atoms with van der Waals surface area (Å²) in [4.78, 5) is 37.9. The van der Waals surface area contributed by atoms with Gasteiger partial charge in [-0.2, -0.15) is 0 Å². The Morgan fingerprint density at radius 3 is 2.80 bits per heavy atom. The highest BCUT2D eigenvalue weighted by Gasteiger charge is 2.34. The van der Waals surface area contributed by atoms with Crippen LogP contribution in [0.25, 0.3) is 6.08 Å². The largest absolute Gasteiger partial charge is 0.466 e. The van der Waals surface area contributed by atoms with E-state index in [0.717, 1.165) is 18.4 Å². The van der Waals surface area contributed by atoms with Crippen molar-refractivity contribution in [2.24, 2.45) is 0 Å². The number of unbranched alkanes of at least 4 members (excludes halogenated alkanes) is 1. The molecule has 0 radical (unpaired) electrons. The second-order valence-corrected chi connectivity index (χ2v) is 5.86. The molecule has 1 aromatic rings. The number of nitrogens with one attached hydrogen (secondary N) is 1. The van der Waals surface area contributed by atoms with Crippen molar-refractivity contribution >= 4 is 23.9 Å². The lowest BCUT2D eigenvalue weighted by atomic mass is 10.1. The number of hydrogen-bond donors (Lipinski definition) is 1. The summed E-state index contributed by atoms with van der Waals surface area (Å²) in [6.45, 7) is 3.09. The molecule has 1 aliphatic heterocycles. The number of nitrogens with zero attached hydrogens (tertiary/aromatic N) is 1. The lowest BCUT2D eigenvalue weighted by Gasteiger charge is -2.33. The highest BCUT2D eigenvalue weighted by molar-refractivity contribution is 5.97. The van der Waals surface area contributed by atoms with Crippen LogP contribution < -0.4 is 5.32 Å². The normalized spacial score (nSPS) is 17.4. The van der Waals surface area contributed by atoms with Crippen LogP contribution in [0, 0.1) is 0 Å². The fourth-order valence-electron chi connectivity index (χ4n) is 2.56. The Morgan fingerprint density at radius 2 is 2.08 bits per heavy atom. The molecule has 1 atom stereocenters. The van der Waals surface area contributed by atoms with Gasteiger partial charge in [0.2, 0.25) is 11.8 Å². The van der Waals surface area contributed by atoms with Gasteiger partial charge in [0.1, 0.15) is 6.04 Å². The van der Waals surface area contributed by atoms with Crippen LogP contribution in [-0.2, 0) is 19.1 Å². The fraction of sp³-hybridized carbons (Fsp3) is 0.421. The molecule has 2 amide bonds. The Kier molecular flexibility index (Phi) is 7.19. The molecule has 1 saturated heterocycles. The van der Waals surface area contributed by atoms with Gasteiger partial charge in [0.25, 0.3) is 0 Å². The van der Waals surface area contributed by atoms with Crippen LogP contribution in [-0.4, -0.2) is 48.4 Å². The number of hydrogen-bond acceptors (Lipinski definition) is 4. The standard InChI is InChI=1S/C19H24N2O4/c1-2-3-13-25-18(23)14-16-19(24)20-11-12-21(16)17(22)10-9-15-7-5-4-6-8-15/h4-10,16H,2-3,11-14H2,1H3,(H,20,24)/b10-9+. The van der Waals surface area contributed by atoms with Crippen molar-refractivity contribution in [2.45, 2.75) is 32.2 Å². The minimum absolute atomic E-state index is 0.125. The molecule has 0 spiro atoms. The number of benzene rings is 1. The molecule has 0 saturated carbocycles. The Hall–Kier alpha value is -2.63. The van der Waals surface area contributed by atoms with Gasteiger partial charge < -0.3 is 15.0 Å². The van der Waals surface area contributed by atoms with Crippen LogP contribution in [0.15, 0.2) is 36.4 Å². The molecule has 6 nitrogen and oxygen atoms in total. The summed E-state index contributed by atoms with van der Waals surface area (Å²) in [5.41, 5.74) is 0.896. The summed E-state index contributed by atoms with van der Waals surface area (Å²) in [5.74, 6) is -1.06. The van der Waals surface area contributed by atoms with Crippen LogP contribution >= 0.6 is 0 Å².